The first kappa shape index (κ1) is 13.6. The lowest BCUT2D eigenvalue weighted by atomic mass is 10.1. The molecule has 1 saturated carbocycles. The van der Waals surface area contributed by atoms with Crippen molar-refractivity contribution in [2.24, 2.45) is 0 Å². The van der Waals surface area contributed by atoms with Gasteiger partial charge >= 0.3 is 0 Å². The summed E-state index contributed by atoms with van der Waals surface area (Å²) in [6.07, 6.45) is 2.08. The predicted octanol–water partition coefficient (Wildman–Crippen LogP) is 2.85. The van der Waals surface area contributed by atoms with Crippen molar-refractivity contribution >= 4 is 22.6 Å². The average molecular weight is 302 g/mol. The molecule has 1 fully saturated rings. The quantitative estimate of drug-likeness (QED) is 0.945. The van der Waals surface area contributed by atoms with Gasteiger partial charge in [-0.1, -0.05) is 13.0 Å². The molecule has 1 amide bonds. The monoisotopic (exact) mass is 302 g/mol. The normalized spacial score (nSPS) is 15.3. The molecule has 1 aromatic heterocycles. The smallest absolute Gasteiger partial charge is 0.258 e. The first-order chi connectivity index (χ1) is 10.0. The van der Waals surface area contributed by atoms with Crippen molar-refractivity contribution in [2.75, 3.05) is 5.32 Å². The highest BCUT2D eigenvalue weighted by Crippen LogP contribution is 2.46. The third kappa shape index (κ3) is 2.50. The van der Waals surface area contributed by atoms with Crippen LogP contribution in [0, 0.1) is 17.1 Å². The van der Waals surface area contributed by atoms with Crippen LogP contribution in [0.1, 0.15) is 41.5 Å². The maximum absolute atomic E-state index is 13.5. The van der Waals surface area contributed by atoms with Crippen LogP contribution in [0.25, 0.3) is 0 Å². The summed E-state index contributed by atoms with van der Waals surface area (Å²) in [5, 5.41) is 11.9. The second-order valence-corrected chi connectivity index (χ2v) is 5.96. The Morgan fingerprint density at radius 1 is 1.52 bits per heavy atom. The van der Waals surface area contributed by atoms with Gasteiger partial charge in [0.1, 0.15) is 17.4 Å². The van der Waals surface area contributed by atoms with E-state index in [4.69, 9.17) is 5.26 Å². The molecule has 0 unspecified atom stereocenters. The van der Waals surface area contributed by atoms with Crippen molar-refractivity contribution in [1.29, 1.82) is 5.26 Å². The van der Waals surface area contributed by atoms with Crippen LogP contribution in [0.4, 0.5) is 9.52 Å². The lowest BCUT2D eigenvalue weighted by Crippen LogP contribution is -2.14. The van der Waals surface area contributed by atoms with E-state index in [2.05, 4.69) is 21.6 Å². The minimum Gasteiger partial charge on any atom is -0.297 e. The third-order valence-corrected chi connectivity index (χ3v) is 4.19. The first-order valence-corrected chi connectivity index (χ1v) is 7.15. The van der Waals surface area contributed by atoms with Gasteiger partial charge in [-0.3, -0.25) is 10.1 Å². The highest BCUT2D eigenvalue weighted by atomic mass is 32.1. The van der Waals surface area contributed by atoms with Crippen LogP contribution >= 0.6 is 11.5 Å². The maximum Gasteiger partial charge on any atom is 0.258 e. The number of anilines is 1. The Labute approximate surface area is 124 Å². The minimum absolute atomic E-state index is 0.00752. The van der Waals surface area contributed by atoms with Crippen LogP contribution in [-0.2, 0) is 5.41 Å². The Morgan fingerprint density at radius 3 is 2.95 bits per heavy atom. The fourth-order valence-corrected chi connectivity index (χ4v) is 2.62. The molecular weight excluding hydrogens is 291 g/mol. The van der Waals surface area contributed by atoms with E-state index in [-0.39, 0.29) is 16.5 Å². The number of benzene rings is 1. The zero-order chi connectivity index (χ0) is 15.0. The van der Waals surface area contributed by atoms with E-state index in [0.717, 1.165) is 36.3 Å². The van der Waals surface area contributed by atoms with Crippen LogP contribution in [0.5, 0.6) is 0 Å². The number of amides is 1. The average Bonchev–Trinajstić information content (AvgIpc) is 3.03. The molecule has 0 atom stereocenters. The van der Waals surface area contributed by atoms with E-state index < -0.39 is 11.7 Å². The van der Waals surface area contributed by atoms with Gasteiger partial charge in [0.25, 0.3) is 5.91 Å². The summed E-state index contributed by atoms with van der Waals surface area (Å²) in [6, 6.07) is 5.64. The molecule has 0 spiro atoms. The number of aromatic nitrogens is 2. The Hall–Kier alpha value is -2.33. The maximum atomic E-state index is 13.5. The number of halogens is 1. The number of nitrogens with zero attached hydrogens (tertiary/aromatic N) is 3. The zero-order valence-corrected chi connectivity index (χ0v) is 12.0. The fraction of sp³-hybridized carbons (Fsp3) is 0.286. The van der Waals surface area contributed by atoms with E-state index in [0.29, 0.717) is 5.13 Å². The number of carbonyl (C=O) groups is 1. The van der Waals surface area contributed by atoms with Crippen molar-refractivity contribution in [1.82, 2.24) is 9.36 Å². The number of rotatable bonds is 3. The molecule has 1 N–H and O–H groups in total. The summed E-state index contributed by atoms with van der Waals surface area (Å²) in [6.45, 7) is 2.07. The summed E-state index contributed by atoms with van der Waals surface area (Å²) < 4.78 is 17.7. The fourth-order valence-electron chi connectivity index (χ4n) is 1.92. The summed E-state index contributed by atoms with van der Waals surface area (Å²) >= 11 is 1.09. The van der Waals surface area contributed by atoms with Gasteiger partial charge in [-0.2, -0.15) is 9.64 Å². The van der Waals surface area contributed by atoms with E-state index in [1.54, 1.807) is 6.07 Å². The van der Waals surface area contributed by atoms with Crippen LogP contribution in [0.2, 0.25) is 0 Å². The van der Waals surface area contributed by atoms with Gasteiger partial charge < -0.3 is 0 Å². The second kappa shape index (κ2) is 4.90. The van der Waals surface area contributed by atoms with Crippen molar-refractivity contribution in [3.8, 4) is 6.07 Å². The highest BCUT2D eigenvalue weighted by molar-refractivity contribution is 7.09. The molecule has 0 radical (unpaired) electrons. The summed E-state index contributed by atoms with van der Waals surface area (Å²) in [5.41, 5.74) is -0.253. The van der Waals surface area contributed by atoms with Gasteiger partial charge in [0.05, 0.1) is 5.56 Å². The van der Waals surface area contributed by atoms with E-state index in [1.165, 1.54) is 12.1 Å². The molecule has 0 saturated heterocycles. The van der Waals surface area contributed by atoms with Crippen LogP contribution in [-0.4, -0.2) is 15.3 Å². The molecular formula is C14H11FN4OS. The van der Waals surface area contributed by atoms with Crippen molar-refractivity contribution in [3.05, 3.63) is 41.0 Å². The molecule has 1 heterocycles. The van der Waals surface area contributed by atoms with Gasteiger partial charge in [0, 0.05) is 16.9 Å². The SMILES string of the molecule is CC1(c2nsc(NC(=O)c3cccc(F)c3C#N)n2)CC1. The van der Waals surface area contributed by atoms with E-state index in [1.807, 2.05) is 0 Å². The number of hydrogen-bond acceptors (Lipinski definition) is 5. The van der Waals surface area contributed by atoms with Gasteiger partial charge in [-0.15, -0.1) is 0 Å². The van der Waals surface area contributed by atoms with E-state index in [9.17, 15) is 9.18 Å². The van der Waals surface area contributed by atoms with Crippen molar-refractivity contribution in [3.63, 3.8) is 0 Å². The van der Waals surface area contributed by atoms with E-state index >= 15 is 0 Å². The first-order valence-electron chi connectivity index (χ1n) is 6.38. The summed E-state index contributed by atoms with van der Waals surface area (Å²) in [7, 11) is 0. The molecule has 106 valence electrons. The highest BCUT2D eigenvalue weighted by Gasteiger charge is 2.42. The predicted molar refractivity (Wildman–Crippen MR) is 75.6 cm³/mol. The van der Waals surface area contributed by atoms with Gasteiger partial charge in [-0.25, -0.2) is 9.37 Å². The van der Waals surface area contributed by atoms with Crippen LogP contribution in [0.3, 0.4) is 0 Å². The van der Waals surface area contributed by atoms with Gasteiger partial charge in [0.15, 0.2) is 5.82 Å². The molecule has 1 aliphatic rings. The number of hydrogen-bond donors (Lipinski definition) is 1. The standard InChI is InChI=1S/C14H11FN4OS/c1-14(5-6-14)12-18-13(21-19-12)17-11(20)8-3-2-4-10(15)9(8)7-16/h2-4H,5-6H2,1H3,(H,17,18,19,20). The number of nitriles is 1. The lowest BCUT2D eigenvalue weighted by molar-refractivity contribution is 0.102. The van der Waals surface area contributed by atoms with Crippen molar-refractivity contribution in [2.45, 2.75) is 25.2 Å². The molecule has 5 nitrogen and oxygen atoms in total. The minimum atomic E-state index is -0.714. The molecule has 3 rings (SSSR count). The van der Waals surface area contributed by atoms with Crippen LogP contribution in [0.15, 0.2) is 18.2 Å². The summed E-state index contributed by atoms with van der Waals surface area (Å²) in [5.74, 6) is -0.550. The molecule has 21 heavy (non-hydrogen) atoms. The molecule has 1 aliphatic carbocycles. The molecule has 2 aromatic rings. The number of carbonyl (C=O) groups excluding carboxylic acids is 1. The number of nitrogens with one attached hydrogen (secondary N) is 1. The molecule has 7 heteroatoms. The third-order valence-electron chi connectivity index (χ3n) is 3.56. The summed E-state index contributed by atoms with van der Waals surface area (Å²) in [4.78, 5) is 16.4. The lowest BCUT2D eigenvalue weighted by Gasteiger charge is -2.04. The largest absolute Gasteiger partial charge is 0.297 e. The molecule has 1 aromatic carbocycles. The second-order valence-electron chi connectivity index (χ2n) is 5.21. The van der Waals surface area contributed by atoms with Crippen molar-refractivity contribution < 1.29 is 9.18 Å². The Kier molecular flexibility index (Phi) is 3.18. The topological polar surface area (TPSA) is 78.7 Å². The Morgan fingerprint density at radius 2 is 2.29 bits per heavy atom. The Balaban J connectivity index is 1.82. The molecule has 0 aliphatic heterocycles. The van der Waals surface area contributed by atoms with Gasteiger partial charge in [-0.05, 0) is 25.0 Å². The van der Waals surface area contributed by atoms with Gasteiger partial charge in [0.2, 0.25) is 5.13 Å². The molecule has 0 bridgehead atoms. The zero-order valence-electron chi connectivity index (χ0n) is 11.2. The van der Waals surface area contributed by atoms with Crippen LogP contribution < -0.4 is 5.32 Å². The Bertz CT molecular complexity index is 761.